The first-order valence-electron chi connectivity index (χ1n) is 7.41. The van der Waals surface area contributed by atoms with E-state index in [4.69, 9.17) is 15.2 Å². The summed E-state index contributed by atoms with van der Waals surface area (Å²) in [6.45, 7) is 12.8. The molecule has 1 atom stereocenters. The van der Waals surface area contributed by atoms with Gasteiger partial charge in [-0.2, -0.15) is 0 Å². The van der Waals surface area contributed by atoms with Gasteiger partial charge in [-0.1, -0.05) is 27.7 Å². The molecule has 110 valence electrons. The van der Waals surface area contributed by atoms with E-state index in [1.54, 1.807) is 0 Å². The van der Waals surface area contributed by atoms with E-state index in [0.717, 1.165) is 51.6 Å². The molecule has 3 nitrogen and oxygen atoms in total. The monoisotopic (exact) mass is 259 g/mol. The lowest BCUT2D eigenvalue weighted by atomic mass is 10.1. The van der Waals surface area contributed by atoms with E-state index in [9.17, 15) is 0 Å². The second kappa shape index (κ2) is 11.9. The van der Waals surface area contributed by atoms with E-state index in [1.807, 2.05) is 0 Å². The molecule has 0 heterocycles. The highest BCUT2D eigenvalue weighted by Gasteiger charge is 2.07. The second-order valence-electron chi connectivity index (χ2n) is 5.94. The molecular formula is C15H33NO2. The molecule has 2 N–H and O–H groups in total. The molecule has 0 fully saturated rings. The molecule has 0 bridgehead atoms. The second-order valence-corrected chi connectivity index (χ2v) is 5.94. The Morgan fingerprint density at radius 1 is 0.778 bits per heavy atom. The maximum absolute atomic E-state index is 5.74. The van der Waals surface area contributed by atoms with Crippen molar-refractivity contribution in [2.75, 3.05) is 33.0 Å². The molecular weight excluding hydrogens is 226 g/mol. The average molecular weight is 259 g/mol. The molecule has 0 saturated heterocycles. The molecule has 0 aromatic rings. The highest BCUT2D eigenvalue weighted by molar-refractivity contribution is 4.59. The zero-order valence-corrected chi connectivity index (χ0v) is 12.8. The summed E-state index contributed by atoms with van der Waals surface area (Å²) in [5.41, 5.74) is 5.74. The van der Waals surface area contributed by atoms with Crippen LogP contribution >= 0.6 is 0 Å². The number of ether oxygens (including phenoxy) is 2. The Morgan fingerprint density at radius 3 is 1.78 bits per heavy atom. The summed E-state index contributed by atoms with van der Waals surface area (Å²) in [7, 11) is 0. The molecule has 1 unspecified atom stereocenters. The van der Waals surface area contributed by atoms with Gasteiger partial charge in [-0.15, -0.1) is 0 Å². The van der Waals surface area contributed by atoms with Crippen LogP contribution in [0, 0.1) is 17.8 Å². The summed E-state index contributed by atoms with van der Waals surface area (Å²) in [6.07, 6.45) is 3.27. The van der Waals surface area contributed by atoms with Crippen molar-refractivity contribution in [3.05, 3.63) is 0 Å². The van der Waals surface area contributed by atoms with E-state index in [1.165, 1.54) is 0 Å². The van der Waals surface area contributed by atoms with Crippen LogP contribution in [0.15, 0.2) is 0 Å². The molecule has 0 aliphatic rings. The minimum Gasteiger partial charge on any atom is -0.381 e. The van der Waals surface area contributed by atoms with Gasteiger partial charge in [0, 0.05) is 19.8 Å². The van der Waals surface area contributed by atoms with Crippen LogP contribution in [0.3, 0.4) is 0 Å². The maximum Gasteiger partial charge on any atom is 0.0507 e. The van der Waals surface area contributed by atoms with Crippen LogP contribution in [0.25, 0.3) is 0 Å². The molecule has 0 amide bonds. The zero-order valence-electron chi connectivity index (χ0n) is 12.8. The van der Waals surface area contributed by atoms with Gasteiger partial charge in [0.2, 0.25) is 0 Å². The Kier molecular flexibility index (Phi) is 11.9. The van der Waals surface area contributed by atoms with Crippen LogP contribution in [0.2, 0.25) is 0 Å². The Labute approximate surface area is 113 Å². The van der Waals surface area contributed by atoms with E-state index < -0.39 is 0 Å². The molecule has 0 aromatic heterocycles. The van der Waals surface area contributed by atoms with Crippen molar-refractivity contribution in [1.82, 2.24) is 0 Å². The third-order valence-electron chi connectivity index (χ3n) is 3.04. The van der Waals surface area contributed by atoms with Crippen LogP contribution in [0.5, 0.6) is 0 Å². The Morgan fingerprint density at radius 2 is 1.28 bits per heavy atom. The predicted octanol–water partition coefficient (Wildman–Crippen LogP) is 3.08. The van der Waals surface area contributed by atoms with Gasteiger partial charge in [0.25, 0.3) is 0 Å². The minimum atomic E-state index is 0.441. The molecule has 0 aromatic carbocycles. The minimum absolute atomic E-state index is 0.441. The van der Waals surface area contributed by atoms with Crippen molar-refractivity contribution >= 4 is 0 Å². The van der Waals surface area contributed by atoms with Crippen molar-refractivity contribution in [2.24, 2.45) is 23.5 Å². The number of hydrogen-bond donors (Lipinski definition) is 1. The standard InChI is InChI=1S/C15H33NO2/c1-13(2)5-8-17-10-7-15(11-16)12-18-9-6-14(3)4/h13-15H,5-12,16H2,1-4H3. The lowest BCUT2D eigenvalue weighted by Crippen LogP contribution is -2.22. The van der Waals surface area contributed by atoms with Gasteiger partial charge in [0.1, 0.15) is 0 Å². The smallest absolute Gasteiger partial charge is 0.0507 e. The van der Waals surface area contributed by atoms with Gasteiger partial charge in [-0.25, -0.2) is 0 Å². The van der Waals surface area contributed by atoms with E-state index in [0.29, 0.717) is 18.4 Å². The topological polar surface area (TPSA) is 44.5 Å². The normalized spacial score (nSPS) is 13.5. The van der Waals surface area contributed by atoms with Crippen LogP contribution in [-0.4, -0.2) is 33.0 Å². The highest BCUT2D eigenvalue weighted by atomic mass is 16.5. The van der Waals surface area contributed by atoms with Gasteiger partial charge in [-0.05, 0) is 43.6 Å². The van der Waals surface area contributed by atoms with E-state index in [-0.39, 0.29) is 0 Å². The SMILES string of the molecule is CC(C)CCOCCC(CN)COCCC(C)C. The first-order chi connectivity index (χ1) is 8.56. The van der Waals surface area contributed by atoms with Crippen LogP contribution in [0.1, 0.15) is 47.0 Å². The highest BCUT2D eigenvalue weighted by Crippen LogP contribution is 2.06. The Hall–Kier alpha value is -0.120. The maximum atomic E-state index is 5.74. The fraction of sp³-hybridized carbons (Fsp3) is 1.00. The largest absolute Gasteiger partial charge is 0.381 e. The summed E-state index contributed by atoms with van der Waals surface area (Å²) in [6, 6.07) is 0. The third-order valence-corrected chi connectivity index (χ3v) is 3.04. The van der Waals surface area contributed by atoms with Crippen molar-refractivity contribution in [3.8, 4) is 0 Å². The van der Waals surface area contributed by atoms with Crippen LogP contribution in [0.4, 0.5) is 0 Å². The third kappa shape index (κ3) is 12.3. The van der Waals surface area contributed by atoms with Gasteiger partial charge in [-0.3, -0.25) is 0 Å². The fourth-order valence-electron chi connectivity index (χ4n) is 1.51. The Bertz CT molecular complexity index is 172. The number of hydrogen-bond acceptors (Lipinski definition) is 3. The van der Waals surface area contributed by atoms with Gasteiger partial charge < -0.3 is 15.2 Å². The summed E-state index contributed by atoms with van der Waals surface area (Å²) in [4.78, 5) is 0. The van der Waals surface area contributed by atoms with Crippen LogP contribution in [-0.2, 0) is 9.47 Å². The summed E-state index contributed by atoms with van der Waals surface area (Å²) >= 11 is 0. The zero-order chi connectivity index (χ0) is 13.8. The molecule has 18 heavy (non-hydrogen) atoms. The molecule has 0 radical (unpaired) electrons. The summed E-state index contributed by atoms with van der Waals surface area (Å²) < 4.78 is 11.3. The first kappa shape index (κ1) is 17.9. The summed E-state index contributed by atoms with van der Waals surface area (Å²) in [5, 5.41) is 0. The molecule has 3 heteroatoms. The van der Waals surface area contributed by atoms with E-state index >= 15 is 0 Å². The quantitative estimate of drug-likeness (QED) is 0.548. The fourth-order valence-corrected chi connectivity index (χ4v) is 1.51. The van der Waals surface area contributed by atoms with Crippen molar-refractivity contribution in [1.29, 1.82) is 0 Å². The Balaban J connectivity index is 3.40. The van der Waals surface area contributed by atoms with Gasteiger partial charge in [0.05, 0.1) is 6.61 Å². The number of nitrogens with two attached hydrogens (primary N) is 1. The van der Waals surface area contributed by atoms with Crippen LogP contribution < -0.4 is 5.73 Å². The lowest BCUT2D eigenvalue weighted by Gasteiger charge is -2.16. The molecule has 0 spiro atoms. The number of rotatable bonds is 12. The van der Waals surface area contributed by atoms with Gasteiger partial charge >= 0.3 is 0 Å². The molecule has 0 saturated carbocycles. The van der Waals surface area contributed by atoms with Crippen molar-refractivity contribution in [2.45, 2.75) is 47.0 Å². The molecule has 0 aliphatic heterocycles. The van der Waals surface area contributed by atoms with E-state index in [2.05, 4.69) is 27.7 Å². The van der Waals surface area contributed by atoms with Crippen molar-refractivity contribution in [3.63, 3.8) is 0 Å². The predicted molar refractivity (Wildman–Crippen MR) is 77.7 cm³/mol. The summed E-state index contributed by atoms with van der Waals surface area (Å²) in [5.74, 6) is 1.87. The molecule has 0 rings (SSSR count). The first-order valence-corrected chi connectivity index (χ1v) is 7.41. The average Bonchev–Trinajstić information content (AvgIpc) is 2.30. The lowest BCUT2D eigenvalue weighted by molar-refractivity contribution is 0.0656. The molecule has 0 aliphatic carbocycles. The van der Waals surface area contributed by atoms with Crippen molar-refractivity contribution < 1.29 is 9.47 Å². The van der Waals surface area contributed by atoms with Gasteiger partial charge in [0.15, 0.2) is 0 Å².